The monoisotopic (exact) mass is 375 g/mol. The number of amides is 1. The van der Waals surface area contributed by atoms with E-state index in [0.29, 0.717) is 30.9 Å². The highest BCUT2D eigenvalue weighted by molar-refractivity contribution is 5.96. The average molecular weight is 375 g/mol. The van der Waals surface area contributed by atoms with Crippen molar-refractivity contribution in [1.29, 1.82) is 0 Å². The van der Waals surface area contributed by atoms with E-state index in [4.69, 9.17) is 4.42 Å². The zero-order valence-electron chi connectivity index (χ0n) is 14.2. The fourth-order valence-corrected chi connectivity index (χ4v) is 3.18. The van der Waals surface area contributed by atoms with Crippen LogP contribution in [0.3, 0.4) is 0 Å². The van der Waals surface area contributed by atoms with Gasteiger partial charge in [0, 0.05) is 30.7 Å². The van der Waals surface area contributed by atoms with E-state index >= 15 is 0 Å². The smallest absolute Gasteiger partial charge is 0.417 e. The number of halogens is 3. The highest BCUT2D eigenvalue weighted by Gasteiger charge is 2.31. The molecule has 5 nitrogen and oxygen atoms in total. The normalized spacial score (nSPS) is 17.4. The Morgan fingerprint density at radius 2 is 2.04 bits per heavy atom. The van der Waals surface area contributed by atoms with Crippen molar-refractivity contribution >= 4 is 22.7 Å². The number of pyridine rings is 1. The predicted octanol–water partition coefficient (Wildman–Crippen LogP) is 3.86. The van der Waals surface area contributed by atoms with Gasteiger partial charge in [-0.25, -0.2) is 4.98 Å². The van der Waals surface area contributed by atoms with Crippen LogP contribution in [0.1, 0.15) is 22.5 Å². The lowest BCUT2D eigenvalue weighted by Gasteiger charge is -2.18. The zero-order valence-corrected chi connectivity index (χ0v) is 14.2. The summed E-state index contributed by atoms with van der Waals surface area (Å²) in [5, 5.41) is 3.76. The second kappa shape index (κ2) is 6.61. The van der Waals surface area contributed by atoms with Gasteiger partial charge in [-0.3, -0.25) is 4.79 Å². The Morgan fingerprint density at radius 3 is 2.74 bits per heavy atom. The van der Waals surface area contributed by atoms with E-state index in [9.17, 15) is 18.0 Å². The van der Waals surface area contributed by atoms with Crippen molar-refractivity contribution in [3.05, 3.63) is 60.0 Å². The number of carbonyl (C=O) groups is 1. The van der Waals surface area contributed by atoms with Gasteiger partial charge in [-0.15, -0.1) is 0 Å². The van der Waals surface area contributed by atoms with Crippen molar-refractivity contribution in [2.24, 2.45) is 0 Å². The number of carbonyl (C=O) groups excluding carboxylic acids is 1. The molecule has 0 bridgehead atoms. The molecule has 0 saturated carbocycles. The molecule has 8 heteroatoms. The molecular weight excluding hydrogens is 359 g/mol. The minimum absolute atomic E-state index is 0.130. The molecule has 1 aliphatic rings. The summed E-state index contributed by atoms with van der Waals surface area (Å²) < 4.78 is 43.4. The quantitative estimate of drug-likeness (QED) is 0.755. The molecular formula is C19H16F3N3O2. The number of alkyl halides is 3. The van der Waals surface area contributed by atoms with Gasteiger partial charge in [0.05, 0.1) is 5.56 Å². The fraction of sp³-hybridized carbons (Fsp3) is 0.263. The van der Waals surface area contributed by atoms with Crippen LogP contribution in [0.4, 0.5) is 19.0 Å². The second-order valence-corrected chi connectivity index (χ2v) is 6.46. The van der Waals surface area contributed by atoms with Crippen LogP contribution in [0, 0.1) is 0 Å². The molecule has 1 unspecified atom stereocenters. The Bertz CT molecular complexity index is 933. The summed E-state index contributed by atoms with van der Waals surface area (Å²) in [6.45, 7) is 1.08. The molecule has 0 spiro atoms. The maximum absolute atomic E-state index is 12.6. The van der Waals surface area contributed by atoms with E-state index in [-0.39, 0.29) is 17.7 Å². The number of para-hydroxylation sites is 1. The summed E-state index contributed by atoms with van der Waals surface area (Å²) in [4.78, 5) is 18.2. The predicted molar refractivity (Wildman–Crippen MR) is 93.5 cm³/mol. The number of benzene rings is 1. The highest BCUT2D eigenvalue weighted by atomic mass is 19.4. The summed E-state index contributed by atoms with van der Waals surface area (Å²) in [5.74, 6) is 0.393. The highest BCUT2D eigenvalue weighted by Crippen LogP contribution is 2.30. The molecule has 1 atom stereocenters. The number of rotatable bonds is 3. The molecule has 2 aromatic heterocycles. The van der Waals surface area contributed by atoms with E-state index < -0.39 is 11.7 Å². The van der Waals surface area contributed by atoms with Gasteiger partial charge >= 0.3 is 6.18 Å². The molecule has 140 valence electrons. The van der Waals surface area contributed by atoms with E-state index in [1.165, 1.54) is 6.07 Å². The molecule has 0 aliphatic carbocycles. The Hall–Kier alpha value is -3.03. The lowest BCUT2D eigenvalue weighted by molar-refractivity contribution is -0.137. The molecule has 1 amide bonds. The van der Waals surface area contributed by atoms with E-state index in [1.54, 1.807) is 12.1 Å². The standard InChI is InChI=1S/C19H16F3N3O2/c20-19(21,22)13-5-6-17(23-10-13)25-8-7-14(11-25)24-18(26)16-9-12-3-1-2-4-15(12)27-16/h1-6,9-10,14H,7-8,11H2,(H,24,26). The lowest BCUT2D eigenvalue weighted by Crippen LogP contribution is -2.37. The van der Waals surface area contributed by atoms with Crippen LogP contribution >= 0.6 is 0 Å². The van der Waals surface area contributed by atoms with Crippen LogP contribution < -0.4 is 10.2 Å². The zero-order chi connectivity index (χ0) is 19.0. The van der Waals surface area contributed by atoms with Gasteiger partial charge in [0.1, 0.15) is 11.4 Å². The van der Waals surface area contributed by atoms with Crippen LogP contribution in [0.2, 0.25) is 0 Å². The first-order chi connectivity index (χ1) is 12.9. The first-order valence-corrected chi connectivity index (χ1v) is 8.48. The SMILES string of the molecule is O=C(NC1CCN(c2ccc(C(F)(F)F)cn2)C1)c1cc2ccccc2o1. The number of hydrogen-bond donors (Lipinski definition) is 1. The molecule has 0 radical (unpaired) electrons. The first-order valence-electron chi connectivity index (χ1n) is 8.48. The van der Waals surface area contributed by atoms with E-state index in [0.717, 1.165) is 17.6 Å². The Morgan fingerprint density at radius 1 is 1.22 bits per heavy atom. The summed E-state index contributed by atoms with van der Waals surface area (Å²) >= 11 is 0. The topological polar surface area (TPSA) is 58.4 Å². The maximum Gasteiger partial charge on any atom is 0.417 e. The molecule has 1 N–H and O–H groups in total. The molecule has 1 aromatic carbocycles. The van der Waals surface area contributed by atoms with Crippen molar-refractivity contribution in [3.63, 3.8) is 0 Å². The van der Waals surface area contributed by atoms with Crippen molar-refractivity contribution in [2.45, 2.75) is 18.6 Å². The third-order valence-electron chi connectivity index (χ3n) is 4.57. The molecule has 3 heterocycles. The minimum Gasteiger partial charge on any atom is -0.451 e. The number of aromatic nitrogens is 1. The second-order valence-electron chi connectivity index (χ2n) is 6.46. The number of hydrogen-bond acceptors (Lipinski definition) is 4. The van der Waals surface area contributed by atoms with Crippen molar-refractivity contribution in [1.82, 2.24) is 10.3 Å². The lowest BCUT2D eigenvalue weighted by atomic mass is 10.2. The van der Waals surface area contributed by atoms with Gasteiger partial charge < -0.3 is 14.6 Å². The maximum atomic E-state index is 12.6. The van der Waals surface area contributed by atoms with E-state index in [2.05, 4.69) is 10.3 Å². The largest absolute Gasteiger partial charge is 0.451 e. The Kier molecular flexibility index (Phi) is 4.25. The van der Waals surface area contributed by atoms with Crippen molar-refractivity contribution in [3.8, 4) is 0 Å². The summed E-state index contributed by atoms with van der Waals surface area (Å²) in [6, 6.07) is 11.3. The van der Waals surface area contributed by atoms with Gasteiger partial charge in [-0.05, 0) is 30.7 Å². The number of nitrogens with one attached hydrogen (secondary N) is 1. The van der Waals surface area contributed by atoms with Gasteiger partial charge in [-0.2, -0.15) is 13.2 Å². The molecule has 1 fully saturated rings. The third kappa shape index (κ3) is 3.60. The molecule has 1 saturated heterocycles. The van der Waals surface area contributed by atoms with Crippen LogP contribution in [0.25, 0.3) is 11.0 Å². The summed E-state index contributed by atoms with van der Waals surface area (Å²) in [5.41, 5.74) is -0.134. The number of furan rings is 1. The van der Waals surface area contributed by atoms with Crippen LogP contribution in [0.15, 0.2) is 53.1 Å². The number of fused-ring (bicyclic) bond motifs is 1. The van der Waals surface area contributed by atoms with Gasteiger partial charge in [0.2, 0.25) is 0 Å². The third-order valence-corrected chi connectivity index (χ3v) is 4.57. The summed E-state index contributed by atoms with van der Waals surface area (Å²) in [7, 11) is 0. The van der Waals surface area contributed by atoms with E-state index in [1.807, 2.05) is 23.1 Å². The average Bonchev–Trinajstić information content (AvgIpc) is 3.28. The fourth-order valence-electron chi connectivity index (χ4n) is 3.18. The molecule has 27 heavy (non-hydrogen) atoms. The van der Waals surface area contributed by atoms with Crippen molar-refractivity contribution < 1.29 is 22.4 Å². The van der Waals surface area contributed by atoms with Gasteiger partial charge in [0.15, 0.2) is 5.76 Å². The van der Waals surface area contributed by atoms with Gasteiger partial charge in [-0.1, -0.05) is 18.2 Å². The summed E-state index contributed by atoms with van der Waals surface area (Å²) in [6.07, 6.45) is -2.90. The number of nitrogens with zero attached hydrogens (tertiary/aromatic N) is 2. The minimum atomic E-state index is -4.40. The van der Waals surface area contributed by atoms with Crippen LogP contribution in [-0.2, 0) is 6.18 Å². The van der Waals surface area contributed by atoms with Crippen LogP contribution in [-0.4, -0.2) is 30.0 Å². The van der Waals surface area contributed by atoms with Crippen LogP contribution in [0.5, 0.6) is 0 Å². The number of anilines is 1. The molecule has 4 rings (SSSR count). The molecule has 3 aromatic rings. The Balaban J connectivity index is 1.40. The molecule has 1 aliphatic heterocycles. The Labute approximate surface area is 152 Å². The van der Waals surface area contributed by atoms with Gasteiger partial charge in [0.25, 0.3) is 5.91 Å². The first kappa shape index (κ1) is 17.4. The van der Waals surface area contributed by atoms with Crippen molar-refractivity contribution in [2.75, 3.05) is 18.0 Å².